The molecule has 1 aliphatic carbocycles. The van der Waals surface area contributed by atoms with Gasteiger partial charge in [-0.25, -0.2) is 0 Å². The molecule has 1 aliphatic rings. The van der Waals surface area contributed by atoms with Crippen molar-refractivity contribution in [2.24, 2.45) is 11.8 Å². The molecule has 0 spiro atoms. The van der Waals surface area contributed by atoms with Crippen molar-refractivity contribution >= 4 is 14.0 Å². The van der Waals surface area contributed by atoms with Gasteiger partial charge in [0.05, 0.1) is 18.8 Å². The molecule has 0 radical (unpaired) electrons. The Morgan fingerprint density at radius 2 is 1.64 bits per heavy atom. The second kappa shape index (κ2) is 19.6. The van der Waals surface area contributed by atoms with Crippen LogP contribution in [0.1, 0.15) is 110 Å². The summed E-state index contributed by atoms with van der Waals surface area (Å²) in [6.07, 6.45) is 19.8. The summed E-state index contributed by atoms with van der Waals surface area (Å²) in [4.78, 5) is 11.8. The van der Waals surface area contributed by atoms with Crippen molar-refractivity contribution in [3.05, 3.63) is 24.3 Å². The topological polar surface area (TPSA) is 87.0 Å². The highest BCUT2D eigenvalue weighted by molar-refractivity contribution is 6.83. The molecule has 3 N–H and O–H groups in total. The third-order valence-electron chi connectivity index (χ3n) is 7.43. The molecular weight excluding hydrogens is 504 g/mol. The molecule has 0 aromatic rings. The van der Waals surface area contributed by atoms with Gasteiger partial charge in [0.2, 0.25) is 0 Å². The average molecular weight is 563 g/mol. The Kier molecular flexibility index (Phi) is 17.9. The van der Waals surface area contributed by atoms with Gasteiger partial charge in [-0.05, 0) is 44.4 Å². The number of ether oxygens (including phenoxy) is 1. The predicted molar refractivity (Wildman–Crippen MR) is 165 cm³/mol. The minimum Gasteiger partial charge on any atom is -0.466 e. The number of carbonyl (C=O) groups is 1. The molecule has 0 saturated heterocycles. The van der Waals surface area contributed by atoms with Crippen molar-refractivity contribution in [1.29, 1.82) is 0 Å². The van der Waals surface area contributed by atoms with Gasteiger partial charge in [0, 0.05) is 25.2 Å². The van der Waals surface area contributed by atoms with E-state index in [0.717, 1.165) is 51.4 Å². The summed E-state index contributed by atoms with van der Waals surface area (Å²) in [7, 11) is -1.61. The van der Waals surface area contributed by atoms with Crippen molar-refractivity contribution in [3.8, 4) is 11.5 Å². The molecule has 0 aromatic heterocycles. The van der Waals surface area contributed by atoms with Crippen molar-refractivity contribution in [2.75, 3.05) is 6.61 Å². The maximum Gasteiger partial charge on any atom is 0.305 e. The van der Waals surface area contributed by atoms with Crippen LogP contribution in [-0.2, 0) is 9.53 Å². The predicted octanol–water partition coefficient (Wildman–Crippen LogP) is 7.11. The Morgan fingerprint density at radius 1 is 0.949 bits per heavy atom. The van der Waals surface area contributed by atoms with E-state index in [1.807, 2.05) is 12.2 Å². The minimum absolute atomic E-state index is 0.0636. The van der Waals surface area contributed by atoms with Crippen LogP contribution in [0.4, 0.5) is 0 Å². The van der Waals surface area contributed by atoms with E-state index < -0.39 is 25.9 Å². The highest BCUT2D eigenvalue weighted by atomic mass is 28.3. The molecule has 0 amide bonds. The number of allylic oxidation sites excluding steroid dienone is 2. The minimum atomic E-state index is -1.61. The average Bonchev–Trinajstić information content (AvgIpc) is 3.14. The van der Waals surface area contributed by atoms with Gasteiger partial charge in [0.1, 0.15) is 13.7 Å². The standard InChI is InChI=1S/C33H58O5Si/c1-6-8-10-16-22-33(37,24-26-39(3,4)5)23-18-20-29-28(30(34)27-31(29)35)19-14-12-13-15-21-32(36)38-25-17-11-9-7-2/h12,14,18,20,28-31,34-35,37H,6-11,13,15-17,19,21-23,25,27H2,1-5H3/t28-,29-,30+,31-,33?/m1/s1. The van der Waals surface area contributed by atoms with Crippen LogP contribution in [0.15, 0.2) is 24.3 Å². The van der Waals surface area contributed by atoms with Gasteiger partial charge in [-0.3, -0.25) is 4.79 Å². The monoisotopic (exact) mass is 562 g/mol. The Hall–Kier alpha value is -1.39. The van der Waals surface area contributed by atoms with E-state index in [-0.39, 0.29) is 17.8 Å². The van der Waals surface area contributed by atoms with Crippen LogP contribution < -0.4 is 0 Å². The zero-order chi connectivity index (χ0) is 29.2. The van der Waals surface area contributed by atoms with E-state index in [2.05, 4.69) is 57.1 Å². The number of hydrogen-bond donors (Lipinski definition) is 3. The molecule has 39 heavy (non-hydrogen) atoms. The smallest absolute Gasteiger partial charge is 0.305 e. The van der Waals surface area contributed by atoms with Gasteiger partial charge < -0.3 is 20.1 Å². The molecule has 1 rings (SSSR count). The second-order valence-electron chi connectivity index (χ2n) is 12.5. The van der Waals surface area contributed by atoms with E-state index in [9.17, 15) is 20.1 Å². The summed E-state index contributed by atoms with van der Waals surface area (Å²) >= 11 is 0. The molecule has 1 unspecified atom stereocenters. The number of esters is 1. The molecule has 5 atom stereocenters. The Labute approximate surface area is 240 Å². The van der Waals surface area contributed by atoms with E-state index in [1.165, 1.54) is 12.8 Å². The lowest BCUT2D eigenvalue weighted by molar-refractivity contribution is -0.143. The first-order chi connectivity index (χ1) is 18.5. The zero-order valence-electron chi connectivity index (χ0n) is 25.6. The van der Waals surface area contributed by atoms with Crippen LogP contribution in [0, 0.1) is 23.3 Å². The molecule has 0 bridgehead atoms. The van der Waals surface area contributed by atoms with Crippen LogP contribution in [0.5, 0.6) is 0 Å². The van der Waals surface area contributed by atoms with Crippen LogP contribution in [0.3, 0.4) is 0 Å². The quantitative estimate of drug-likeness (QED) is 0.0513. The van der Waals surface area contributed by atoms with E-state index in [1.54, 1.807) is 0 Å². The van der Waals surface area contributed by atoms with Gasteiger partial charge in [-0.15, -0.1) is 5.54 Å². The van der Waals surface area contributed by atoms with Gasteiger partial charge >= 0.3 is 5.97 Å². The fourth-order valence-corrected chi connectivity index (χ4v) is 5.62. The Bertz CT molecular complexity index is 790. The summed E-state index contributed by atoms with van der Waals surface area (Å²) in [5.41, 5.74) is 2.31. The number of aliphatic hydroxyl groups excluding tert-OH is 2. The third-order valence-corrected chi connectivity index (χ3v) is 8.31. The number of rotatable bonds is 19. The zero-order valence-corrected chi connectivity index (χ0v) is 26.6. The van der Waals surface area contributed by atoms with E-state index in [0.29, 0.717) is 38.7 Å². The van der Waals surface area contributed by atoms with Crippen molar-refractivity contribution in [2.45, 2.75) is 148 Å². The summed E-state index contributed by atoms with van der Waals surface area (Å²) < 4.78 is 5.29. The maximum absolute atomic E-state index is 11.8. The van der Waals surface area contributed by atoms with Crippen LogP contribution >= 0.6 is 0 Å². The first-order valence-electron chi connectivity index (χ1n) is 15.6. The lowest BCUT2D eigenvalue weighted by Gasteiger charge is -2.23. The number of aliphatic hydroxyl groups is 3. The molecule has 6 heteroatoms. The van der Waals surface area contributed by atoms with E-state index in [4.69, 9.17) is 4.74 Å². The molecule has 0 aliphatic heterocycles. The summed E-state index contributed by atoms with van der Waals surface area (Å²) in [5.74, 6) is 2.87. The largest absolute Gasteiger partial charge is 0.466 e. The lowest BCUT2D eigenvalue weighted by atomic mass is 9.88. The Morgan fingerprint density at radius 3 is 2.31 bits per heavy atom. The van der Waals surface area contributed by atoms with Crippen molar-refractivity contribution < 1.29 is 24.9 Å². The summed E-state index contributed by atoms with van der Waals surface area (Å²) in [6, 6.07) is 0. The lowest BCUT2D eigenvalue weighted by Crippen LogP contribution is -2.28. The van der Waals surface area contributed by atoms with Crippen molar-refractivity contribution in [3.63, 3.8) is 0 Å². The fourth-order valence-electron chi connectivity index (χ4n) is 5.01. The third kappa shape index (κ3) is 16.5. The number of hydrogen-bond acceptors (Lipinski definition) is 5. The van der Waals surface area contributed by atoms with Gasteiger partial charge in [-0.1, -0.05) is 102 Å². The first-order valence-corrected chi connectivity index (χ1v) is 19.1. The van der Waals surface area contributed by atoms with Crippen LogP contribution in [0.25, 0.3) is 0 Å². The first kappa shape index (κ1) is 35.6. The fraction of sp³-hybridized carbons (Fsp3) is 0.788. The second-order valence-corrected chi connectivity index (χ2v) is 17.2. The van der Waals surface area contributed by atoms with Crippen LogP contribution in [-0.4, -0.2) is 53.8 Å². The molecule has 224 valence electrons. The molecule has 0 heterocycles. The molecule has 1 fully saturated rings. The normalized spacial score (nSPS) is 23.2. The van der Waals surface area contributed by atoms with Crippen LogP contribution in [0.2, 0.25) is 19.6 Å². The van der Waals surface area contributed by atoms with Gasteiger partial charge in [-0.2, -0.15) is 0 Å². The maximum atomic E-state index is 11.8. The molecular formula is C33H58O5Si. The number of carbonyl (C=O) groups excluding carboxylic acids is 1. The van der Waals surface area contributed by atoms with Gasteiger partial charge in [0.15, 0.2) is 0 Å². The van der Waals surface area contributed by atoms with Crippen molar-refractivity contribution in [1.82, 2.24) is 0 Å². The molecule has 5 nitrogen and oxygen atoms in total. The highest BCUT2D eigenvalue weighted by Gasteiger charge is 2.39. The SMILES string of the molecule is CCCCCCOC(=O)CCCC=CC[C@@H]1[C@@H](C=CCC(O)(C#C[Si](C)(C)C)CCCCCC)[C@H](O)C[C@@H]1O. The summed E-state index contributed by atoms with van der Waals surface area (Å²) in [5, 5.41) is 32.5. The highest BCUT2D eigenvalue weighted by Crippen LogP contribution is 2.36. The van der Waals surface area contributed by atoms with E-state index >= 15 is 0 Å². The molecule has 1 saturated carbocycles. The van der Waals surface area contributed by atoms with Gasteiger partial charge in [0.25, 0.3) is 0 Å². The molecule has 0 aromatic carbocycles. The summed E-state index contributed by atoms with van der Waals surface area (Å²) in [6.45, 7) is 11.4. The number of unbranched alkanes of at least 4 members (excludes halogenated alkanes) is 7. The Balaban J connectivity index is 2.59.